The summed E-state index contributed by atoms with van der Waals surface area (Å²) in [5, 5.41) is 0.694. The molecule has 1 aromatic carbocycles. The fourth-order valence-corrected chi connectivity index (χ4v) is 2.72. The molecule has 0 fully saturated rings. The summed E-state index contributed by atoms with van der Waals surface area (Å²) in [6.07, 6.45) is 3.34. The molecule has 0 atom stereocenters. The molecule has 0 aromatic heterocycles. The number of allylic oxidation sites excluding steroid dienone is 1. The monoisotopic (exact) mass is 268 g/mol. The molecule has 0 radical (unpaired) electrons. The van der Waals surface area contributed by atoms with Crippen molar-refractivity contribution < 1.29 is 9.53 Å². The number of carbonyl (C=O) groups excluding carboxylic acids is 1. The first kappa shape index (κ1) is 12.5. The highest BCUT2D eigenvalue weighted by Crippen LogP contribution is 2.27. The van der Waals surface area contributed by atoms with E-state index in [-0.39, 0.29) is 5.78 Å². The Hall–Kier alpha value is -0.930. The summed E-state index contributed by atoms with van der Waals surface area (Å²) >= 11 is 7.49. The van der Waals surface area contributed by atoms with Crippen LogP contribution < -0.4 is 0 Å². The minimum absolute atomic E-state index is 0.134. The van der Waals surface area contributed by atoms with Crippen LogP contribution in [0.3, 0.4) is 0 Å². The van der Waals surface area contributed by atoms with Crippen LogP contribution in [0.4, 0.5) is 0 Å². The number of halogens is 1. The predicted molar refractivity (Wildman–Crippen MR) is 70.5 cm³/mol. The highest BCUT2D eigenvalue weighted by molar-refractivity contribution is 8.00. The predicted octanol–water partition coefficient (Wildman–Crippen LogP) is 3.70. The standard InChI is InChI=1S/C13H13ClO2S/c14-11-5-1-2-6-13(11)17-9-12(15)10-4-3-7-16-8-10/h1-2,5-6,8H,3-4,7,9H2. The Bertz CT molecular complexity index is 443. The summed E-state index contributed by atoms with van der Waals surface area (Å²) in [7, 11) is 0. The van der Waals surface area contributed by atoms with Gasteiger partial charge in [-0.05, 0) is 25.0 Å². The molecular weight excluding hydrogens is 256 g/mol. The third kappa shape index (κ3) is 3.51. The molecule has 2 nitrogen and oxygen atoms in total. The number of hydrogen-bond donors (Lipinski definition) is 0. The van der Waals surface area contributed by atoms with Gasteiger partial charge in [0.2, 0.25) is 0 Å². The molecule has 1 heterocycles. The Morgan fingerprint density at radius 1 is 1.41 bits per heavy atom. The van der Waals surface area contributed by atoms with Gasteiger partial charge < -0.3 is 4.74 Å². The van der Waals surface area contributed by atoms with Gasteiger partial charge in [-0.3, -0.25) is 4.79 Å². The van der Waals surface area contributed by atoms with Gasteiger partial charge in [0.05, 0.1) is 23.6 Å². The third-order valence-electron chi connectivity index (χ3n) is 2.49. The Labute approximate surface area is 110 Å². The highest BCUT2D eigenvalue weighted by Gasteiger charge is 2.14. The van der Waals surface area contributed by atoms with Gasteiger partial charge in [-0.15, -0.1) is 11.8 Å². The summed E-state index contributed by atoms with van der Waals surface area (Å²) in [6.45, 7) is 0.717. The molecule has 1 aromatic rings. The molecule has 0 saturated heterocycles. The number of ether oxygens (including phenoxy) is 1. The summed E-state index contributed by atoms with van der Waals surface area (Å²) in [5.41, 5.74) is 0.788. The average Bonchev–Trinajstić information content (AvgIpc) is 2.38. The van der Waals surface area contributed by atoms with E-state index in [2.05, 4.69) is 0 Å². The van der Waals surface area contributed by atoms with E-state index in [1.165, 1.54) is 11.8 Å². The van der Waals surface area contributed by atoms with Crippen LogP contribution in [0.15, 0.2) is 41.0 Å². The summed E-state index contributed by atoms with van der Waals surface area (Å²) in [5.74, 6) is 0.550. The number of benzene rings is 1. The maximum atomic E-state index is 11.9. The van der Waals surface area contributed by atoms with Crippen LogP contribution in [0.5, 0.6) is 0 Å². The molecule has 90 valence electrons. The van der Waals surface area contributed by atoms with Gasteiger partial charge in [0.1, 0.15) is 0 Å². The third-order valence-corrected chi connectivity index (χ3v) is 4.00. The quantitative estimate of drug-likeness (QED) is 0.779. The SMILES string of the molecule is O=C(CSc1ccccc1Cl)C1=COCCC1. The summed E-state index contributed by atoms with van der Waals surface area (Å²) in [6, 6.07) is 7.55. The zero-order valence-corrected chi connectivity index (χ0v) is 10.9. The fraction of sp³-hybridized carbons (Fsp3) is 0.308. The van der Waals surface area contributed by atoms with Gasteiger partial charge in [0, 0.05) is 10.5 Å². The van der Waals surface area contributed by atoms with Crippen molar-refractivity contribution >= 4 is 29.1 Å². The number of hydrogen-bond acceptors (Lipinski definition) is 3. The summed E-state index contributed by atoms with van der Waals surface area (Å²) in [4.78, 5) is 12.8. The van der Waals surface area contributed by atoms with Gasteiger partial charge in [-0.1, -0.05) is 23.7 Å². The highest BCUT2D eigenvalue weighted by atomic mass is 35.5. The molecule has 1 aliphatic heterocycles. The van der Waals surface area contributed by atoms with Gasteiger partial charge in [0.15, 0.2) is 5.78 Å². The van der Waals surface area contributed by atoms with Crippen LogP contribution in [-0.2, 0) is 9.53 Å². The smallest absolute Gasteiger partial charge is 0.172 e. The number of thioether (sulfide) groups is 1. The van der Waals surface area contributed by atoms with Crippen LogP contribution in [-0.4, -0.2) is 18.1 Å². The van der Waals surface area contributed by atoms with Crippen molar-refractivity contribution in [2.45, 2.75) is 17.7 Å². The molecule has 0 amide bonds. The van der Waals surface area contributed by atoms with E-state index in [0.717, 1.165) is 23.3 Å². The number of ketones is 1. The van der Waals surface area contributed by atoms with Crippen molar-refractivity contribution in [2.75, 3.05) is 12.4 Å². The first-order chi connectivity index (χ1) is 8.27. The van der Waals surface area contributed by atoms with E-state index in [1.54, 1.807) is 6.26 Å². The number of carbonyl (C=O) groups is 1. The normalized spacial score (nSPS) is 15.0. The minimum Gasteiger partial charge on any atom is -0.501 e. The Morgan fingerprint density at radius 2 is 2.24 bits per heavy atom. The molecule has 17 heavy (non-hydrogen) atoms. The van der Waals surface area contributed by atoms with Crippen LogP contribution in [0.1, 0.15) is 12.8 Å². The molecule has 0 N–H and O–H groups in total. The average molecular weight is 269 g/mol. The van der Waals surface area contributed by atoms with Crippen molar-refractivity contribution in [3.8, 4) is 0 Å². The topological polar surface area (TPSA) is 26.3 Å². The zero-order valence-electron chi connectivity index (χ0n) is 9.32. The lowest BCUT2D eigenvalue weighted by atomic mass is 10.1. The van der Waals surface area contributed by atoms with Crippen LogP contribution >= 0.6 is 23.4 Å². The molecule has 4 heteroatoms. The maximum absolute atomic E-state index is 11.9. The largest absolute Gasteiger partial charge is 0.501 e. The molecule has 0 unspecified atom stereocenters. The van der Waals surface area contributed by atoms with E-state index in [4.69, 9.17) is 16.3 Å². The van der Waals surface area contributed by atoms with Crippen molar-refractivity contribution in [3.63, 3.8) is 0 Å². The Morgan fingerprint density at radius 3 is 2.94 bits per heavy atom. The molecule has 0 aliphatic carbocycles. The van der Waals surface area contributed by atoms with Crippen molar-refractivity contribution in [2.24, 2.45) is 0 Å². The first-order valence-electron chi connectivity index (χ1n) is 5.48. The molecule has 1 aliphatic rings. The van der Waals surface area contributed by atoms with Crippen molar-refractivity contribution in [3.05, 3.63) is 41.1 Å². The second-order valence-corrected chi connectivity index (χ2v) is 5.18. The fourth-order valence-electron chi connectivity index (χ4n) is 1.57. The molecule has 0 bridgehead atoms. The van der Waals surface area contributed by atoms with E-state index in [9.17, 15) is 4.79 Å². The van der Waals surface area contributed by atoms with Gasteiger partial charge in [-0.2, -0.15) is 0 Å². The first-order valence-corrected chi connectivity index (χ1v) is 6.85. The van der Waals surface area contributed by atoms with E-state index in [1.807, 2.05) is 24.3 Å². The van der Waals surface area contributed by atoms with Gasteiger partial charge in [-0.25, -0.2) is 0 Å². The molecule has 0 spiro atoms. The second kappa shape index (κ2) is 6.12. The number of Topliss-reactive ketones (excluding diaryl/α,β-unsaturated/α-hetero) is 1. The van der Waals surface area contributed by atoms with Crippen LogP contribution in [0, 0.1) is 0 Å². The van der Waals surface area contributed by atoms with Crippen molar-refractivity contribution in [1.82, 2.24) is 0 Å². The second-order valence-electron chi connectivity index (χ2n) is 3.76. The lowest BCUT2D eigenvalue weighted by Gasteiger charge is -2.12. The lowest BCUT2D eigenvalue weighted by molar-refractivity contribution is -0.113. The van der Waals surface area contributed by atoms with E-state index in [0.29, 0.717) is 17.4 Å². The van der Waals surface area contributed by atoms with E-state index >= 15 is 0 Å². The van der Waals surface area contributed by atoms with Crippen molar-refractivity contribution in [1.29, 1.82) is 0 Å². The Balaban J connectivity index is 1.92. The van der Waals surface area contributed by atoms with Gasteiger partial charge >= 0.3 is 0 Å². The lowest BCUT2D eigenvalue weighted by Crippen LogP contribution is -2.10. The molecular formula is C13H13ClO2S. The minimum atomic E-state index is 0.134. The Kier molecular flexibility index (Phi) is 4.51. The maximum Gasteiger partial charge on any atom is 0.172 e. The van der Waals surface area contributed by atoms with Crippen LogP contribution in [0.2, 0.25) is 5.02 Å². The van der Waals surface area contributed by atoms with Crippen LogP contribution in [0.25, 0.3) is 0 Å². The van der Waals surface area contributed by atoms with E-state index < -0.39 is 0 Å². The number of rotatable bonds is 4. The zero-order chi connectivity index (χ0) is 12.1. The molecule has 0 saturated carbocycles. The van der Waals surface area contributed by atoms with Gasteiger partial charge in [0.25, 0.3) is 0 Å². The summed E-state index contributed by atoms with van der Waals surface area (Å²) < 4.78 is 5.16. The molecule has 2 rings (SSSR count).